The maximum Gasteiger partial charge on any atom is 0.320 e. The van der Waals surface area contributed by atoms with Crippen LogP contribution in [-0.2, 0) is 0 Å². The first-order valence-electron chi connectivity index (χ1n) is 8.80. The minimum absolute atomic E-state index is 0.102. The fourth-order valence-corrected chi connectivity index (χ4v) is 3.13. The second kappa shape index (κ2) is 8.32. The molecule has 1 heterocycles. The second-order valence-electron chi connectivity index (χ2n) is 6.48. The average Bonchev–Trinajstić information content (AvgIpc) is 2.64. The molecule has 5 nitrogen and oxygen atoms in total. The molecule has 0 saturated carbocycles. The first kappa shape index (κ1) is 18.4. The normalized spacial score (nSPS) is 15.5. The Hall–Kier alpha value is -2.40. The van der Waals surface area contributed by atoms with E-state index in [9.17, 15) is 4.79 Å². The van der Waals surface area contributed by atoms with Gasteiger partial charge in [-0.25, -0.2) is 4.79 Å². The zero-order valence-electron chi connectivity index (χ0n) is 15.1. The Bertz CT molecular complexity index is 743. The van der Waals surface area contributed by atoms with Gasteiger partial charge in [0.05, 0.1) is 0 Å². The quantitative estimate of drug-likeness (QED) is 0.826. The third kappa shape index (κ3) is 4.82. The summed E-state index contributed by atoms with van der Waals surface area (Å²) in [5.74, 6) is 0.673. The summed E-state index contributed by atoms with van der Waals surface area (Å²) in [5, 5.41) is 3.54. The number of aryl methyl sites for hydroxylation is 1. The van der Waals surface area contributed by atoms with E-state index in [4.69, 9.17) is 16.3 Å². The Morgan fingerprint density at radius 2 is 1.81 bits per heavy atom. The van der Waals surface area contributed by atoms with Gasteiger partial charge in [-0.05, 0) is 55.8 Å². The van der Waals surface area contributed by atoms with E-state index >= 15 is 0 Å². The molecule has 3 rings (SSSR count). The van der Waals surface area contributed by atoms with Crippen LogP contribution in [0.5, 0.6) is 5.75 Å². The summed E-state index contributed by atoms with van der Waals surface area (Å²) in [6.07, 6.45) is -0.418. The summed E-state index contributed by atoms with van der Waals surface area (Å²) in [4.78, 5) is 16.6. The second-order valence-corrected chi connectivity index (χ2v) is 6.91. The molecule has 0 radical (unpaired) electrons. The number of nitrogens with zero attached hydrogens (tertiary/aromatic N) is 2. The molecule has 0 aromatic heterocycles. The van der Waals surface area contributed by atoms with Crippen molar-refractivity contribution < 1.29 is 9.53 Å². The van der Waals surface area contributed by atoms with Crippen molar-refractivity contribution >= 4 is 23.3 Å². The number of carbonyl (C=O) groups is 1. The molecule has 0 aliphatic carbocycles. The molecular weight excluding hydrogens is 350 g/mol. The van der Waals surface area contributed by atoms with Crippen LogP contribution in [0.15, 0.2) is 48.5 Å². The molecule has 0 spiro atoms. The molecule has 1 aliphatic heterocycles. The van der Waals surface area contributed by atoms with E-state index in [1.807, 2.05) is 11.8 Å². The minimum Gasteiger partial charge on any atom is -0.471 e. The van der Waals surface area contributed by atoms with Crippen molar-refractivity contribution in [2.75, 3.05) is 31.1 Å². The zero-order chi connectivity index (χ0) is 18.5. The van der Waals surface area contributed by atoms with Gasteiger partial charge >= 0.3 is 6.03 Å². The van der Waals surface area contributed by atoms with Crippen molar-refractivity contribution in [2.45, 2.75) is 20.1 Å². The van der Waals surface area contributed by atoms with Crippen LogP contribution < -0.4 is 15.0 Å². The lowest BCUT2D eigenvalue weighted by Crippen LogP contribution is -2.53. The molecule has 2 amide bonds. The first-order chi connectivity index (χ1) is 12.5. The first-order valence-corrected chi connectivity index (χ1v) is 9.18. The van der Waals surface area contributed by atoms with Crippen molar-refractivity contribution in [1.29, 1.82) is 0 Å². The summed E-state index contributed by atoms with van der Waals surface area (Å²) < 4.78 is 5.71. The highest BCUT2D eigenvalue weighted by molar-refractivity contribution is 6.30. The summed E-state index contributed by atoms with van der Waals surface area (Å²) in [5.41, 5.74) is 2.46. The van der Waals surface area contributed by atoms with Gasteiger partial charge in [-0.1, -0.05) is 23.7 Å². The maximum atomic E-state index is 12.4. The molecule has 1 N–H and O–H groups in total. The Balaban J connectivity index is 1.48. The largest absolute Gasteiger partial charge is 0.471 e. The zero-order valence-corrected chi connectivity index (χ0v) is 15.9. The predicted octanol–water partition coefficient (Wildman–Crippen LogP) is 3.91. The monoisotopic (exact) mass is 373 g/mol. The van der Waals surface area contributed by atoms with Crippen molar-refractivity contribution in [1.82, 2.24) is 10.2 Å². The van der Waals surface area contributed by atoms with Crippen molar-refractivity contribution in [2.24, 2.45) is 0 Å². The fourth-order valence-electron chi connectivity index (χ4n) is 3.00. The number of rotatable bonds is 4. The van der Waals surface area contributed by atoms with Gasteiger partial charge in [0.1, 0.15) is 5.75 Å². The molecule has 1 atom stereocenters. The molecule has 138 valence electrons. The highest BCUT2D eigenvalue weighted by atomic mass is 35.5. The number of urea groups is 1. The average molecular weight is 374 g/mol. The van der Waals surface area contributed by atoms with E-state index in [0.717, 1.165) is 13.1 Å². The molecule has 1 fully saturated rings. The Morgan fingerprint density at radius 1 is 1.12 bits per heavy atom. The van der Waals surface area contributed by atoms with Crippen LogP contribution in [0.25, 0.3) is 0 Å². The number of carbonyl (C=O) groups excluding carboxylic acids is 1. The van der Waals surface area contributed by atoms with E-state index in [1.165, 1.54) is 11.3 Å². The van der Waals surface area contributed by atoms with Crippen LogP contribution in [0.3, 0.4) is 0 Å². The molecule has 26 heavy (non-hydrogen) atoms. The number of piperazine rings is 1. The minimum atomic E-state index is -0.418. The molecule has 1 aliphatic rings. The molecule has 6 heteroatoms. The van der Waals surface area contributed by atoms with Crippen LogP contribution in [-0.4, -0.2) is 43.3 Å². The molecule has 2 aromatic rings. The molecular formula is C20H24ClN3O2. The lowest BCUT2D eigenvalue weighted by Gasteiger charge is -2.36. The lowest BCUT2D eigenvalue weighted by molar-refractivity contribution is 0.151. The highest BCUT2D eigenvalue weighted by Crippen LogP contribution is 2.18. The third-order valence-corrected chi connectivity index (χ3v) is 4.64. The number of hydrogen-bond acceptors (Lipinski definition) is 3. The summed E-state index contributed by atoms with van der Waals surface area (Å²) in [7, 11) is 0. The van der Waals surface area contributed by atoms with E-state index in [0.29, 0.717) is 23.9 Å². The van der Waals surface area contributed by atoms with Crippen LogP contribution in [0.1, 0.15) is 12.5 Å². The molecule has 1 unspecified atom stereocenters. The van der Waals surface area contributed by atoms with Gasteiger partial charge in [0.15, 0.2) is 6.23 Å². The summed E-state index contributed by atoms with van der Waals surface area (Å²) >= 11 is 5.86. The molecule has 2 aromatic carbocycles. The number of hydrogen-bond donors (Lipinski definition) is 1. The van der Waals surface area contributed by atoms with E-state index in [1.54, 1.807) is 24.3 Å². The van der Waals surface area contributed by atoms with Crippen LogP contribution in [0.4, 0.5) is 10.5 Å². The maximum absolute atomic E-state index is 12.4. The summed E-state index contributed by atoms with van der Waals surface area (Å²) in [6.45, 7) is 6.93. The molecule has 1 saturated heterocycles. The van der Waals surface area contributed by atoms with Crippen LogP contribution >= 0.6 is 11.6 Å². The SMILES string of the molecule is Cc1cccc(N2CCN(C(=O)NC(C)Oc3ccc(Cl)cc3)CC2)c1. The third-order valence-electron chi connectivity index (χ3n) is 4.39. The number of amides is 2. The molecule has 0 bridgehead atoms. The Morgan fingerprint density at radius 3 is 2.46 bits per heavy atom. The van der Waals surface area contributed by atoms with E-state index < -0.39 is 6.23 Å². The van der Waals surface area contributed by atoms with Crippen LogP contribution in [0.2, 0.25) is 5.02 Å². The lowest BCUT2D eigenvalue weighted by atomic mass is 10.2. The smallest absolute Gasteiger partial charge is 0.320 e. The number of ether oxygens (including phenoxy) is 1. The Labute approximate surface area is 159 Å². The van der Waals surface area contributed by atoms with Gasteiger partial charge in [-0.3, -0.25) is 0 Å². The standard InChI is InChI=1S/C20H24ClN3O2/c1-15-4-3-5-18(14-15)23-10-12-24(13-11-23)20(25)22-16(2)26-19-8-6-17(21)7-9-19/h3-9,14,16H,10-13H2,1-2H3,(H,22,25). The van der Waals surface area contributed by atoms with Gasteiger partial charge < -0.3 is 19.9 Å². The van der Waals surface area contributed by atoms with Gasteiger partial charge in [-0.15, -0.1) is 0 Å². The van der Waals surface area contributed by atoms with Gasteiger partial charge in [0, 0.05) is 36.9 Å². The van der Waals surface area contributed by atoms with Gasteiger partial charge in [-0.2, -0.15) is 0 Å². The van der Waals surface area contributed by atoms with Crippen LogP contribution in [0, 0.1) is 6.92 Å². The number of nitrogens with one attached hydrogen (secondary N) is 1. The Kier molecular flexibility index (Phi) is 5.89. The summed E-state index contributed by atoms with van der Waals surface area (Å²) in [6, 6.07) is 15.4. The van der Waals surface area contributed by atoms with Crippen molar-refractivity contribution in [3.63, 3.8) is 0 Å². The van der Waals surface area contributed by atoms with E-state index in [2.05, 4.69) is 41.4 Å². The van der Waals surface area contributed by atoms with Gasteiger partial charge in [0.2, 0.25) is 0 Å². The fraction of sp³-hybridized carbons (Fsp3) is 0.350. The number of halogens is 1. The van der Waals surface area contributed by atoms with E-state index in [-0.39, 0.29) is 6.03 Å². The van der Waals surface area contributed by atoms with Crippen molar-refractivity contribution in [3.8, 4) is 5.75 Å². The highest BCUT2D eigenvalue weighted by Gasteiger charge is 2.22. The van der Waals surface area contributed by atoms with Gasteiger partial charge in [0.25, 0.3) is 0 Å². The van der Waals surface area contributed by atoms with Crippen molar-refractivity contribution in [3.05, 3.63) is 59.1 Å². The number of anilines is 1. The topological polar surface area (TPSA) is 44.8 Å². The number of benzene rings is 2. The predicted molar refractivity (Wildman–Crippen MR) is 105 cm³/mol.